The number of fused-ring (bicyclic) bond motifs is 2. The summed E-state index contributed by atoms with van der Waals surface area (Å²) in [6, 6.07) is 13.4. The molecule has 26 heavy (non-hydrogen) atoms. The first kappa shape index (κ1) is 16.4. The average molecular weight is 351 g/mol. The Kier molecular flexibility index (Phi) is 4.03. The van der Waals surface area contributed by atoms with Gasteiger partial charge in [0.25, 0.3) is 0 Å². The monoisotopic (exact) mass is 351 g/mol. The normalized spacial score (nSPS) is 18.5. The Balaban J connectivity index is 1.61. The van der Waals surface area contributed by atoms with Crippen molar-refractivity contribution in [3.63, 3.8) is 0 Å². The lowest BCUT2D eigenvalue weighted by Gasteiger charge is -2.37. The van der Waals surface area contributed by atoms with Crippen molar-refractivity contribution in [3.05, 3.63) is 48.0 Å². The van der Waals surface area contributed by atoms with Crippen molar-refractivity contribution in [2.24, 2.45) is 0 Å². The minimum atomic E-state index is -0.177. The Morgan fingerprint density at radius 3 is 2.88 bits per heavy atom. The van der Waals surface area contributed by atoms with E-state index in [9.17, 15) is 9.59 Å². The molecule has 4 rings (SSSR count). The molecule has 2 aliphatic heterocycles. The predicted molar refractivity (Wildman–Crippen MR) is 101 cm³/mol. The highest BCUT2D eigenvalue weighted by atomic mass is 16.5. The smallest absolute Gasteiger partial charge is 0.247 e. The van der Waals surface area contributed by atoms with Crippen molar-refractivity contribution in [1.82, 2.24) is 0 Å². The van der Waals surface area contributed by atoms with Gasteiger partial charge in [0.15, 0.2) is 0 Å². The summed E-state index contributed by atoms with van der Waals surface area (Å²) in [4.78, 5) is 28.6. The Hall–Kier alpha value is -3.02. The molecule has 0 spiro atoms. The van der Waals surface area contributed by atoms with Crippen LogP contribution in [0.3, 0.4) is 0 Å². The molecule has 1 unspecified atom stereocenters. The molecular weight excluding hydrogens is 330 g/mol. The summed E-state index contributed by atoms with van der Waals surface area (Å²) in [7, 11) is 0. The van der Waals surface area contributed by atoms with E-state index in [0.29, 0.717) is 12.2 Å². The van der Waals surface area contributed by atoms with E-state index in [1.54, 1.807) is 4.90 Å². The topological polar surface area (TPSA) is 61.9 Å². The molecule has 2 aromatic rings. The Labute approximate surface area is 152 Å². The molecule has 134 valence electrons. The standard InChI is InChI=1S/C20H21N3O3/c1-13-7-8-18-17(9-13)22(10-14(2)26-18)12-20(25)23-11-19(24)21-15-5-3-4-6-16(15)23/h3-9,14H,10-12H2,1-2H3,(H,21,24). The van der Waals surface area contributed by atoms with Gasteiger partial charge >= 0.3 is 0 Å². The highest BCUT2D eigenvalue weighted by Gasteiger charge is 2.30. The number of hydrogen-bond acceptors (Lipinski definition) is 4. The van der Waals surface area contributed by atoms with E-state index < -0.39 is 0 Å². The number of anilines is 3. The van der Waals surface area contributed by atoms with E-state index in [0.717, 1.165) is 22.7 Å². The molecule has 0 fully saturated rings. The summed E-state index contributed by atoms with van der Waals surface area (Å²) in [5.74, 6) is 0.511. The van der Waals surface area contributed by atoms with Crippen LogP contribution in [0.5, 0.6) is 5.75 Å². The van der Waals surface area contributed by atoms with Crippen LogP contribution < -0.4 is 19.9 Å². The summed E-state index contributed by atoms with van der Waals surface area (Å²) in [5.41, 5.74) is 3.44. The first-order chi connectivity index (χ1) is 12.5. The van der Waals surface area contributed by atoms with Crippen molar-refractivity contribution in [3.8, 4) is 5.75 Å². The van der Waals surface area contributed by atoms with E-state index in [1.807, 2.05) is 61.2 Å². The molecule has 2 heterocycles. The zero-order valence-corrected chi connectivity index (χ0v) is 14.9. The van der Waals surface area contributed by atoms with Crippen LogP contribution >= 0.6 is 0 Å². The second-order valence-corrected chi connectivity index (χ2v) is 6.83. The first-order valence-corrected chi connectivity index (χ1v) is 8.73. The molecule has 0 saturated carbocycles. The van der Waals surface area contributed by atoms with Crippen LogP contribution in [-0.4, -0.2) is 37.6 Å². The van der Waals surface area contributed by atoms with Crippen LogP contribution in [-0.2, 0) is 9.59 Å². The molecule has 0 aromatic heterocycles. The lowest BCUT2D eigenvalue weighted by molar-refractivity contribution is -0.121. The van der Waals surface area contributed by atoms with E-state index in [2.05, 4.69) is 5.32 Å². The van der Waals surface area contributed by atoms with Crippen molar-refractivity contribution in [1.29, 1.82) is 0 Å². The van der Waals surface area contributed by atoms with Gasteiger partial charge in [-0.25, -0.2) is 0 Å². The minimum Gasteiger partial charge on any atom is -0.487 e. The lowest BCUT2D eigenvalue weighted by Crippen LogP contribution is -2.49. The van der Waals surface area contributed by atoms with Crippen LogP contribution in [0.15, 0.2) is 42.5 Å². The van der Waals surface area contributed by atoms with Gasteiger partial charge in [-0.2, -0.15) is 0 Å². The van der Waals surface area contributed by atoms with Crippen LogP contribution in [0.25, 0.3) is 0 Å². The molecule has 0 saturated heterocycles. The third-order valence-electron chi connectivity index (χ3n) is 4.66. The Morgan fingerprint density at radius 2 is 2.04 bits per heavy atom. The van der Waals surface area contributed by atoms with E-state index in [-0.39, 0.29) is 31.0 Å². The molecule has 0 bridgehead atoms. The van der Waals surface area contributed by atoms with Crippen molar-refractivity contribution in [2.45, 2.75) is 20.0 Å². The van der Waals surface area contributed by atoms with Gasteiger partial charge < -0.3 is 15.0 Å². The average Bonchev–Trinajstić information content (AvgIpc) is 2.61. The second kappa shape index (κ2) is 6.37. The third-order valence-corrected chi connectivity index (χ3v) is 4.66. The number of hydrogen-bond donors (Lipinski definition) is 1. The number of nitrogens with one attached hydrogen (secondary N) is 1. The van der Waals surface area contributed by atoms with Gasteiger partial charge in [-0.15, -0.1) is 0 Å². The molecule has 0 aliphatic carbocycles. The van der Waals surface area contributed by atoms with E-state index in [4.69, 9.17) is 4.74 Å². The number of carbonyl (C=O) groups excluding carboxylic acids is 2. The van der Waals surface area contributed by atoms with Crippen molar-refractivity contribution in [2.75, 3.05) is 34.8 Å². The van der Waals surface area contributed by atoms with Gasteiger partial charge in [0, 0.05) is 0 Å². The van der Waals surface area contributed by atoms with Gasteiger partial charge in [-0.1, -0.05) is 18.2 Å². The number of ether oxygens (including phenoxy) is 1. The van der Waals surface area contributed by atoms with E-state index >= 15 is 0 Å². The predicted octanol–water partition coefficient (Wildman–Crippen LogP) is 2.57. The molecule has 6 nitrogen and oxygen atoms in total. The summed E-state index contributed by atoms with van der Waals surface area (Å²) >= 11 is 0. The van der Waals surface area contributed by atoms with Gasteiger partial charge in [-0.05, 0) is 43.7 Å². The van der Waals surface area contributed by atoms with Crippen LogP contribution in [0.2, 0.25) is 0 Å². The first-order valence-electron chi connectivity index (χ1n) is 8.73. The number of aryl methyl sites for hydroxylation is 1. The quantitative estimate of drug-likeness (QED) is 0.903. The molecule has 1 N–H and O–H groups in total. The van der Waals surface area contributed by atoms with Gasteiger partial charge in [0.05, 0.1) is 30.2 Å². The fourth-order valence-corrected chi connectivity index (χ4v) is 3.49. The molecule has 1 atom stereocenters. The van der Waals surface area contributed by atoms with Gasteiger partial charge in [0.2, 0.25) is 11.8 Å². The fraction of sp³-hybridized carbons (Fsp3) is 0.300. The summed E-state index contributed by atoms with van der Waals surface area (Å²) < 4.78 is 5.89. The third kappa shape index (κ3) is 2.98. The maximum absolute atomic E-state index is 13.0. The highest BCUT2D eigenvalue weighted by Crippen LogP contribution is 2.35. The maximum atomic E-state index is 13.0. The number of benzene rings is 2. The number of amides is 2. The molecule has 2 aromatic carbocycles. The molecule has 6 heteroatoms. The molecule has 0 radical (unpaired) electrons. The van der Waals surface area contributed by atoms with Crippen LogP contribution in [0.1, 0.15) is 12.5 Å². The van der Waals surface area contributed by atoms with E-state index in [1.165, 1.54) is 0 Å². The van der Waals surface area contributed by atoms with Crippen molar-refractivity contribution >= 4 is 28.9 Å². The number of para-hydroxylation sites is 2. The minimum absolute atomic E-state index is 0.00468. The zero-order chi connectivity index (χ0) is 18.3. The molecule has 2 aliphatic rings. The lowest BCUT2D eigenvalue weighted by atomic mass is 10.1. The van der Waals surface area contributed by atoms with Gasteiger partial charge in [0.1, 0.15) is 18.4 Å². The largest absolute Gasteiger partial charge is 0.487 e. The number of rotatable bonds is 2. The van der Waals surface area contributed by atoms with Crippen LogP contribution in [0.4, 0.5) is 17.1 Å². The zero-order valence-electron chi connectivity index (χ0n) is 14.9. The Bertz CT molecular complexity index is 880. The van der Waals surface area contributed by atoms with Crippen LogP contribution in [0, 0.1) is 6.92 Å². The summed E-state index contributed by atoms with van der Waals surface area (Å²) in [6.45, 7) is 4.87. The number of nitrogens with zero attached hydrogens (tertiary/aromatic N) is 2. The van der Waals surface area contributed by atoms with Gasteiger partial charge in [-0.3, -0.25) is 14.5 Å². The van der Waals surface area contributed by atoms with Crippen molar-refractivity contribution < 1.29 is 14.3 Å². The highest BCUT2D eigenvalue weighted by molar-refractivity contribution is 6.10. The maximum Gasteiger partial charge on any atom is 0.247 e. The SMILES string of the molecule is Cc1ccc2c(c1)N(CC(=O)N1CC(=O)Nc3ccccc31)CC(C)O2. The number of carbonyl (C=O) groups is 2. The molecular formula is C20H21N3O3. The fourth-order valence-electron chi connectivity index (χ4n) is 3.49. The summed E-state index contributed by atoms with van der Waals surface area (Å²) in [6.07, 6.45) is -0.00468. The Morgan fingerprint density at radius 1 is 1.23 bits per heavy atom. The second-order valence-electron chi connectivity index (χ2n) is 6.83. The molecule has 2 amide bonds. The summed E-state index contributed by atoms with van der Waals surface area (Å²) in [5, 5.41) is 2.81.